The van der Waals surface area contributed by atoms with Gasteiger partial charge in [0.05, 0.1) is 12.3 Å². The van der Waals surface area contributed by atoms with Crippen molar-refractivity contribution in [3.05, 3.63) is 29.3 Å². The SMILES string of the molecule is COCc1cc(C)ccc1N1CCNC1=O. The Labute approximate surface area is 95.2 Å². The molecule has 1 aliphatic heterocycles. The number of hydrogen-bond donors (Lipinski definition) is 1. The number of nitrogens with one attached hydrogen (secondary N) is 1. The maximum absolute atomic E-state index is 11.6. The van der Waals surface area contributed by atoms with E-state index in [0.29, 0.717) is 13.2 Å². The van der Waals surface area contributed by atoms with Crippen molar-refractivity contribution >= 4 is 11.7 Å². The van der Waals surface area contributed by atoms with E-state index in [-0.39, 0.29) is 6.03 Å². The second kappa shape index (κ2) is 4.53. The number of aryl methyl sites for hydroxylation is 1. The molecule has 4 heteroatoms. The van der Waals surface area contributed by atoms with Crippen LogP contribution in [0.15, 0.2) is 18.2 Å². The van der Waals surface area contributed by atoms with Crippen molar-refractivity contribution in [2.45, 2.75) is 13.5 Å². The molecule has 0 aromatic heterocycles. The summed E-state index contributed by atoms with van der Waals surface area (Å²) >= 11 is 0. The summed E-state index contributed by atoms with van der Waals surface area (Å²) < 4.78 is 5.16. The highest BCUT2D eigenvalue weighted by molar-refractivity contribution is 5.94. The van der Waals surface area contributed by atoms with Crippen molar-refractivity contribution < 1.29 is 9.53 Å². The third-order valence-electron chi connectivity index (χ3n) is 2.68. The Morgan fingerprint density at radius 1 is 1.50 bits per heavy atom. The van der Waals surface area contributed by atoms with Gasteiger partial charge in [0.1, 0.15) is 0 Å². The second-order valence-electron chi connectivity index (χ2n) is 3.95. The van der Waals surface area contributed by atoms with Crippen molar-refractivity contribution in [3.8, 4) is 0 Å². The molecule has 0 atom stereocenters. The fourth-order valence-electron chi connectivity index (χ4n) is 1.95. The number of carbonyl (C=O) groups excluding carboxylic acids is 1. The molecule has 1 saturated heterocycles. The molecule has 0 radical (unpaired) electrons. The van der Waals surface area contributed by atoms with E-state index in [1.807, 2.05) is 19.1 Å². The molecule has 0 aliphatic carbocycles. The lowest BCUT2D eigenvalue weighted by Gasteiger charge is -2.18. The van der Waals surface area contributed by atoms with Gasteiger partial charge >= 0.3 is 6.03 Å². The van der Waals surface area contributed by atoms with Gasteiger partial charge in [-0.3, -0.25) is 4.90 Å². The Hall–Kier alpha value is -1.55. The molecule has 16 heavy (non-hydrogen) atoms. The lowest BCUT2D eigenvalue weighted by molar-refractivity contribution is 0.185. The van der Waals surface area contributed by atoms with E-state index in [9.17, 15) is 4.79 Å². The van der Waals surface area contributed by atoms with Crippen molar-refractivity contribution in [1.82, 2.24) is 5.32 Å². The largest absolute Gasteiger partial charge is 0.380 e. The average molecular weight is 220 g/mol. The molecule has 1 N–H and O–H groups in total. The van der Waals surface area contributed by atoms with Crippen molar-refractivity contribution in [1.29, 1.82) is 0 Å². The van der Waals surface area contributed by atoms with Crippen LogP contribution in [0.25, 0.3) is 0 Å². The van der Waals surface area contributed by atoms with Gasteiger partial charge in [-0.2, -0.15) is 0 Å². The molecule has 1 aromatic rings. The summed E-state index contributed by atoms with van der Waals surface area (Å²) in [6.45, 7) is 3.99. The van der Waals surface area contributed by atoms with Crippen LogP contribution in [-0.2, 0) is 11.3 Å². The van der Waals surface area contributed by atoms with Gasteiger partial charge in [-0.25, -0.2) is 4.79 Å². The lowest BCUT2D eigenvalue weighted by atomic mass is 10.1. The van der Waals surface area contributed by atoms with Crippen molar-refractivity contribution in [2.75, 3.05) is 25.1 Å². The van der Waals surface area contributed by atoms with Gasteiger partial charge in [0.15, 0.2) is 0 Å². The number of anilines is 1. The maximum Gasteiger partial charge on any atom is 0.322 e. The fraction of sp³-hybridized carbons (Fsp3) is 0.417. The molecule has 1 aliphatic rings. The number of hydrogen-bond acceptors (Lipinski definition) is 2. The van der Waals surface area contributed by atoms with Gasteiger partial charge in [0.25, 0.3) is 0 Å². The minimum absolute atomic E-state index is 0.0267. The Balaban J connectivity index is 2.34. The molecule has 0 spiro atoms. The zero-order valence-corrected chi connectivity index (χ0v) is 9.62. The van der Waals surface area contributed by atoms with Crippen LogP contribution in [0.1, 0.15) is 11.1 Å². The summed E-state index contributed by atoms with van der Waals surface area (Å²) in [5.41, 5.74) is 3.18. The number of urea groups is 1. The monoisotopic (exact) mass is 220 g/mol. The number of methoxy groups -OCH3 is 1. The van der Waals surface area contributed by atoms with Gasteiger partial charge in [-0.1, -0.05) is 17.7 Å². The zero-order chi connectivity index (χ0) is 11.5. The third kappa shape index (κ3) is 2.02. The molecule has 1 fully saturated rings. The first-order valence-corrected chi connectivity index (χ1v) is 5.36. The van der Waals surface area contributed by atoms with E-state index in [4.69, 9.17) is 4.74 Å². The minimum Gasteiger partial charge on any atom is -0.380 e. The number of amides is 2. The molecule has 0 unspecified atom stereocenters. The Morgan fingerprint density at radius 3 is 2.94 bits per heavy atom. The summed E-state index contributed by atoms with van der Waals surface area (Å²) in [7, 11) is 1.66. The van der Waals surface area contributed by atoms with Gasteiger partial charge in [-0.15, -0.1) is 0 Å². The standard InChI is InChI=1S/C12H16N2O2/c1-9-3-4-11(10(7-9)8-16-2)14-6-5-13-12(14)15/h3-4,7H,5-6,8H2,1-2H3,(H,13,15). The molecule has 1 aromatic carbocycles. The van der Waals surface area contributed by atoms with Gasteiger partial charge in [0, 0.05) is 25.8 Å². The first kappa shape index (κ1) is 11.0. The predicted octanol–water partition coefficient (Wildman–Crippen LogP) is 1.67. The van der Waals surface area contributed by atoms with E-state index in [2.05, 4.69) is 11.4 Å². The molecule has 1 heterocycles. The minimum atomic E-state index is -0.0267. The third-order valence-corrected chi connectivity index (χ3v) is 2.68. The molecule has 86 valence electrons. The summed E-state index contributed by atoms with van der Waals surface area (Å²) in [5.74, 6) is 0. The van der Waals surface area contributed by atoms with Gasteiger partial charge in [-0.05, 0) is 13.0 Å². The number of nitrogens with zero attached hydrogens (tertiary/aromatic N) is 1. The van der Waals surface area contributed by atoms with Crippen LogP contribution in [-0.4, -0.2) is 26.2 Å². The van der Waals surface area contributed by atoms with Crippen LogP contribution in [0.2, 0.25) is 0 Å². The van der Waals surface area contributed by atoms with E-state index in [1.54, 1.807) is 12.0 Å². The van der Waals surface area contributed by atoms with Crippen LogP contribution >= 0.6 is 0 Å². The smallest absolute Gasteiger partial charge is 0.322 e. The van der Waals surface area contributed by atoms with Crippen LogP contribution in [0, 0.1) is 6.92 Å². The molecule has 2 rings (SSSR count). The highest BCUT2D eigenvalue weighted by Gasteiger charge is 2.23. The Bertz CT molecular complexity index is 404. The molecule has 2 amide bonds. The summed E-state index contributed by atoms with van der Waals surface area (Å²) in [6.07, 6.45) is 0. The van der Waals surface area contributed by atoms with E-state index >= 15 is 0 Å². The first-order chi connectivity index (χ1) is 7.72. The highest BCUT2D eigenvalue weighted by atomic mass is 16.5. The number of carbonyl (C=O) groups is 1. The van der Waals surface area contributed by atoms with Crippen molar-refractivity contribution in [3.63, 3.8) is 0 Å². The predicted molar refractivity (Wildman–Crippen MR) is 62.6 cm³/mol. The van der Waals surface area contributed by atoms with Crippen LogP contribution in [0.4, 0.5) is 10.5 Å². The fourth-order valence-corrected chi connectivity index (χ4v) is 1.95. The molecular weight excluding hydrogens is 204 g/mol. The van der Waals surface area contributed by atoms with Crippen LogP contribution in [0.5, 0.6) is 0 Å². The second-order valence-corrected chi connectivity index (χ2v) is 3.95. The quantitative estimate of drug-likeness (QED) is 0.842. The number of rotatable bonds is 3. The van der Waals surface area contributed by atoms with Gasteiger partial charge < -0.3 is 10.1 Å². The zero-order valence-electron chi connectivity index (χ0n) is 9.62. The van der Waals surface area contributed by atoms with E-state index in [0.717, 1.165) is 17.8 Å². The topological polar surface area (TPSA) is 41.6 Å². The van der Waals surface area contributed by atoms with Crippen molar-refractivity contribution in [2.24, 2.45) is 0 Å². The highest BCUT2D eigenvalue weighted by Crippen LogP contribution is 2.24. The molecule has 0 saturated carbocycles. The van der Waals surface area contributed by atoms with E-state index in [1.165, 1.54) is 5.56 Å². The normalized spacial score (nSPS) is 15.4. The molecule has 0 bridgehead atoms. The first-order valence-electron chi connectivity index (χ1n) is 5.36. The number of ether oxygens (including phenoxy) is 1. The maximum atomic E-state index is 11.6. The van der Waals surface area contributed by atoms with Gasteiger partial charge in [0.2, 0.25) is 0 Å². The number of benzene rings is 1. The van der Waals surface area contributed by atoms with Crippen LogP contribution in [0.3, 0.4) is 0 Å². The van der Waals surface area contributed by atoms with Crippen LogP contribution < -0.4 is 10.2 Å². The van der Waals surface area contributed by atoms with E-state index < -0.39 is 0 Å². The summed E-state index contributed by atoms with van der Waals surface area (Å²) in [5, 5.41) is 2.80. The Morgan fingerprint density at radius 2 is 2.31 bits per heavy atom. The lowest BCUT2D eigenvalue weighted by Crippen LogP contribution is -2.28. The molecule has 4 nitrogen and oxygen atoms in total. The summed E-state index contributed by atoms with van der Waals surface area (Å²) in [4.78, 5) is 13.3. The molecular formula is C12H16N2O2. The Kier molecular flexibility index (Phi) is 3.10. The average Bonchev–Trinajstić information content (AvgIpc) is 2.65. The summed E-state index contributed by atoms with van der Waals surface area (Å²) in [6, 6.07) is 6.03.